The van der Waals surface area contributed by atoms with E-state index < -0.39 is 0 Å². The van der Waals surface area contributed by atoms with Gasteiger partial charge in [0.15, 0.2) is 4.34 Å². The SMILES string of the molecule is CCOC(=O)Cc1csc(S[C@H]2CCOC2=O)n1. The zero-order valence-corrected chi connectivity index (χ0v) is 11.5. The first-order valence-electron chi connectivity index (χ1n) is 5.62. The zero-order chi connectivity index (χ0) is 13.0. The molecule has 0 amide bonds. The molecule has 7 heteroatoms. The number of cyclic esters (lactones) is 1. The molecule has 1 atom stereocenters. The summed E-state index contributed by atoms with van der Waals surface area (Å²) in [7, 11) is 0. The topological polar surface area (TPSA) is 65.5 Å². The van der Waals surface area contributed by atoms with Crippen molar-refractivity contribution in [2.45, 2.75) is 29.4 Å². The molecule has 1 aromatic heterocycles. The third kappa shape index (κ3) is 3.46. The minimum absolute atomic E-state index is 0.161. The summed E-state index contributed by atoms with van der Waals surface area (Å²) in [6, 6.07) is 0. The van der Waals surface area contributed by atoms with Gasteiger partial charge in [0.1, 0.15) is 5.25 Å². The van der Waals surface area contributed by atoms with Gasteiger partial charge < -0.3 is 9.47 Å². The molecular formula is C11H13NO4S2. The highest BCUT2D eigenvalue weighted by Crippen LogP contribution is 2.31. The second kappa shape index (κ2) is 6.19. The molecule has 2 heterocycles. The van der Waals surface area contributed by atoms with E-state index in [9.17, 15) is 9.59 Å². The van der Waals surface area contributed by atoms with Crippen LogP contribution in [0.4, 0.5) is 0 Å². The lowest BCUT2D eigenvalue weighted by atomic mass is 10.3. The number of carbonyl (C=O) groups is 2. The van der Waals surface area contributed by atoms with E-state index in [4.69, 9.17) is 9.47 Å². The molecule has 98 valence electrons. The molecule has 0 saturated carbocycles. The Morgan fingerprint density at radius 2 is 2.56 bits per heavy atom. The molecule has 5 nitrogen and oxygen atoms in total. The van der Waals surface area contributed by atoms with Crippen LogP contribution in [0.15, 0.2) is 9.72 Å². The van der Waals surface area contributed by atoms with Gasteiger partial charge in [0.25, 0.3) is 0 Å². The summed E-state index contributed by atoms with van der Waals surface area (Å²) in [5.41, 5.74) is 0.687. The third-order valence-corrected chi connectivity index (χ3v) is 4.56. The highest BCUT2D eigenvalue weighted by atomic mass is 32.2. The molecule has 1 aromatic rings. The molecule has 1 fully saturated rings. The van der Waals surface area contributed by atoms with E-state index in [1.807, 2.05) is 5.38 Å². The van der Waals surface area contributed by atoms with Crippen LogP contribution in [-0.2, 0) is 25.5 Å². The van der Waals surface area contributed by atoms with Gasteiger partial charge in [-0.15, -0.1) is 11.3 Å². The maximum absolute atomic E-state index is 11.3. The Balaban J connectivity index is 1.89. The zero-order valence-electron chi connectivity index (χ0n) is 9.88. The van der Waals surface area contributed by atoms with E-state index >= 15 is 0 Å². The number of hydrogen-bond acceptors (Lipinski definition) is 7. The molecule has 0 spiro atoms. The molecule has 1 saturated heterocycles. The van der Waals surface area contributed by atoms with Gasteiger partial charge in [-0.2, -0.15) is 0 Å². The first-order chi connectivity index (χ1) is 8.69. The normalized spacial score (nSPS) is 18.7. The van der Waals surface area contributed by atoms with Gasteiger partial charge in [-0.05, 0) is 6.92 Å². The largest absolute Gasteiger partial charge is 0.466 e. The van der Waals surface area contributed by atoms with E-state index in [0.717, 1.165) is 10.8 Å². The first-order valence-corrected chi connectivity index (χ1v) is 7.38. The standard InChI is InChI=1S/C11H13NO4S2/c1-2-15-9(13)5-7-6-17-11(12-7)18-8-3-4-16-10(8)14/h6,8H,2-5H2,1H3/t8-/m0/s1. The number of rotatable bonds is 5. The molecular weight excluding hydrogens is 274 g/mol. The minimum Gasteiger partial charge on any atom is -0.466 e. The van der Waals surface area contributed by atoms with Crippen LogP contribution < -0.4 is 0 Å². The van der Waals surface area contributed by atoms with E-state index in [-0.39, 0.29) is 23.6 Å². The summed E-state index contributed by atoms with van der Waals surface area (Å²) in [4.78, 5) is 26.9. The smallest absolute Gasteiger partial charge is 0.319 e. The van der Waals surface area contributed by atoms with Gasteiger partial charge in [-0.1, -0.05) is 11.8 Å². The van der Waals surface area contributed by atoms with Crippen LogP contribution in [0.3, 0.4) is 0 Å². The Morgan fingerprint density at radius 1 is 1.72 bits per heavy atom. The van der Waals surface area contributed by atoms with Crippen molar-refractivity contribution in [1.82, 2.24) is 4.98 Å². The minimum atomic E-state index is -0.278. The lowest BCUT2D eigenvalue weighted by Gasteiger charge is -2.01. The van der Waals surface area contributed by atoms with E-state index in [2.05, 4.69) is 4.98 Å². The number of nitrogens with zero attached hydrogens (tertiary/aromatic N) is 1. The number of thioether (sulfide) groups is 1. The quantitative estimate of drug-likeness (QED) is 0.767. The second-order valence-corrected chi connectivity index (χ2v) is 5.96. The maximum Gasteiger partial charge on any atom is 0.319 e. The Labute approximate surface area is 113 Å². The monoisotopic (exact) mass is 287 g/mol. The van der Waals surface area contributed by atoms with E-state index in [1.54, 1.807) is 6.92 Å². The molecule has 1 aliphatic rings. The van der Waals surface area contributed by atoms with E-state index in [1.165, 1.54) is 23.1 Å². The van der Waals surface area contributed by atoms with Crippen LogP contribution >= 0.6 is 23.1 Å². The summed E-state index contributed by atoms with van der Waals surface area (Å²) in [5, 5.41) is 1.66. The van der Waals surface area contributed by atoms with Crippen molar-refractivity contribution in [3.05, 3.63) is 11.1 Å². The van der Waals surface area contributed by atoms with Crippen molar-refractivity contribution in [3.63, 3.8) is 0 Å². The second-order valence-electron chi connectivity index (χ2n) is 3.65. The average Bonchev–Trinajstić information content (AvgIpc) is 2.90. The molecule has 0 aromatic carbocycles. The molecule has 18 heavy (non-hydrogen) atoms. The highest BCUT2D eigenvalue weighted by Gasteiger charge is 2.28. The van der Waals surface area contributed by atoms with Gasteiger partial charge >= 0.3 is 11.9 Å². The number of aromatic nitrogens is 1. The number of hydrogen-bond donors (Lipinski definition) is 0. The molecule has 0 radical (unpaired) electrons. The van der Waals surface area contributed by atoms with Crippen molar-refractivity contribution in [2.75, 3.05) is 13.2 Å². The molecule has 0 aliphatic carbocycles. The van der Waals surface area contributed by atoms with Crippen LogP contribution in [-0.4, -0.2) is 35.4 Å². The Morgan fingerprint density at radius 3 is 3.22 bits per heavy atom. The van der Waals surface area contributed by atoms with Gasteiger partial charge in [0.2, 0.25) is 0 Å². The van der Waals surface area contributed by atoms with Crippen molar-refractivity contribution >= 4 is 35.0 Å². The summed E-state index contributed by atoms with van der Waals surface area (Å²) >= 11 is 2.84. The first kappa shape index (κ1) is 13.4. The van der Waals surface area contributed by atoms with Crippen molar-refractivity contribution < 1.29 is 19.1 Å². The Bertz CT molecular complexity index is 446. The van der Waals surface area contributed by atoms with Crippen molar-refractivity contribution in [1.29, 1.82) is 0 Å². The lowest BCUT2D eigenvalue weighted by Crippen LogP contribution is -2.09. The van der Waals surface area contributed by atoms with Gasteiger partial charge in [0.05, 0.1) is 25.3 Å². The molecule has 0 N–H and O–H groups in total. The summed E-state index contributed by atoms with van der Waals surface area (Å²) in [6.45, 7) is 2.63. The van der Waals surface area contributed by atoms with Crippen molar-refractivity contribution in [3.8, 4) is 0 Å². The van der Waals surface area contributed by atoms with Crippen LogP contribution in [0.5, 0.6) is 0 Å². The van der Waals surface area contributed by atoms with Crippen LogP contribution in [0.1, 0.15) is 19.0 Å². The van der Waals surface area contributed by atoms with Crippen molar-refractivity contribution in [2.24, 2.45) is 0 Å². The number of ether oxygens (including phenoxy) is 2. The van der Waals surface area contributed by atoms with Gasteiger partial charge in [-0.25, -0.2) is 4.98 Å². The third-order valence-electron chi connectivity index (χ3n) is 2.29. The number of carbonyl (C=O) groups excluding carboxylic acids is 2. The molecule has 0 unspecified atom stereocenters. The summed E-state index contributed by atoms with van der Waals surface area (Å²) in [5.74, 6) is -0.457. The maximum atomic E-state index is 11.3. The molecule has 0 bridgehead atoms. The fraction of sp³-hybridized carbons (Fsp3) is 0.545. The van der Waals surface area contributed by atoms with Crippen LogP contribution in [0.25, 0.3) is 0 Å². The number of esters is 2. The van der Waals surface area contributed by atoms with Gasteiger partial charge in [0, 0.05) is 11.8 Å². The predicted octanol–water partition coefficient (Wildman–Crippen LogP) is 1.66. The Hall–Kier alpha value is -1.08. The summed E-state index contributed by atoms with van der Waals surface area (Å²) in [6.07, 6.45) is 0.899. The van der Waals surface area contributed by atoms with Crippen LogP contribution in [0, 0.1) is 0 Å². The fourth-order valence-corrected chi connectivity index (χ4v) is 3.54. The van der Waals surface area contributed by atoms with E-state index in [0.29, 0.717) is 18.9 Å². The Kier molecular flexibility index (Phi) is 4.60. The molecule has 1 aliphatic heterocycles. The predicted molar refractivity (Wildman–Crippen MR) is 67.7 cm³/mol. The lowest BCUT2D eigenvalue weighted by molar-refractivity contribution is -0.142. The average molecular weight is 287 g/mol. The van der Waals surface area contributed by atoms with Gasteiger partial charge in [-0.3, -0.25) is 9.59 Å². The van der Waals surface area contributed by atoms with Crippen LogP contribution in [0.2, 0.25) is 0 Å². The highest BCUT2D eigenvalue weighted by molar-refractivity contribution is 8.02. The molecule has 2 rings (SSSR count). The summed E-state index contributed by atoms with van der Waals surface area (Å²) < 4.78 is 10.5. The number of thiazole rings is 1. The fourth-order valence-electron chi connectivity index (χ4n) is 1.49.